The maximum absolute atomic E-state index is 12.5. The Morgan fingerprint density at radius 1 is 1.23 bits per heavy atom. The van der Waals surface area contributed by atoms with E-state index >= 15 is 0 Å². The van der Waals surface area contributed by atoms with Crippen molar-refractivity contribution in [3.05, 3.63) is 57.0 Å². The number of ether oxygens (including phenoxy) is 1. The van der Waals surface area contributed by atoms with Crippen molar-refractivity contribution in [3.63, 3.8) is 0 Å². The number of nitrogens with zero attached hydrogens (tertiary/aromatic N) is 4. The first-order valence-electron chi connectivity index (χ1n) is 9.99. The summed E-state index contributed by atoms with van der Waals surface area (Å²) in [6.07, 6.45) is 1.68. The molecule has 3 aromatic rings. The van der Waals surface area contributed by atoms with Gasteiger partial charge in [0, 0.05) is 33.2 Å². The van der Waals surface area contributed by atoms with Crippen molar-refractivity contribution in [2.24, 2.45) is 14.1 Å². The van der Waals surface area contributed by atoms with E-state index in [-0.39, 0.29) is 18.2 Å². The summed E-state index contributed by atoms with van der Waals surface area (Å²) in [7, 11) is 3.07. The van der Waals surface area contributed by atoms with E-state index in [1.165, 1.54) is 11.6 Å². The van der Waals surface area contributed by atoms with Crippen molar-refractivity contribution in [2.75, 3.05) is 13.2 Å². The van der Waals surface area contributed by atoms with Crippen LogP contribution in [0.3, 0.4) is 0 Å². The van der Waals surface area contributed by atoms with Crippen LogP contribution in [0.25, 0.3) is 11.2 Å². The number of imidazole rings is 1. The lowest BCUT2D eigenvalue weighted by molar-refractivity contribution is 0.103. The quantitative estimate of drug-likeness (QED) is 0.529. The van der Waals surface area contributed by atoms with Crippen molar-refractivity contribution in [1.82, 2.24) is 24.0 Å². The molecule has 162 valence electrons. The van der Waals surface area contributed by atoms with E-state index in [0.717, 1.165) is 22.3 Å². The van der Waals surface area contributed by atoms with Crippen LogP contribution in [0.4, 0.5) is 0 Å². The first-order chi connectivity index (χ1) is 14.3. The highest BCUT2D eigenvalue weighted by Gasteiger charge is 2.15. The summed E-state index contributed by atoms with van der Waals surface area (Å²) in [6, 6.07) is 7.81. The lowest BCUT2D eigenvalue weighted by Crippen LogP contribution is -2.38. The van der Waals surface area contributed by atoms with Gasteiger partial charge in [-0.15, -0.1) is 0 Å². The highest BCUT2D eigenvalue weighted by Crippen LogP contribution is 2.12. The molecular weight excluding hydrogens is 386 g/mol. The Labute approximate surface area is 174 Å². The zero-order valence-electron chi connectivity index (χ0n) is 17.8. The number of rotatable bonds is 9. The molecule has 0 saturated carbocycles. The third kappa shape index (κ3) is 4.80. The predicted octanol–water partition coefficient (Wildman–Crippen LogP) is 0.550. The Morgan fingerprint density at radius 2 is 2.00 bits per heavy atom. The second-order valence-electron chi connectivity index (χ2n) is 7.70. The summed E-state index contributed by atoms with van der Waals surface area (Å²) in [4.78, 5) is 28.7. The normalized spacial score (nSPS) is 13.5. The maximum Gasteiger partial charge on any atom is 0.332 e. The van der Waals surface area contributed by atoms with Gasteiger partial charge < -0.3 is 19.7 Å². The van der Waals surface area contributed by atoms with Gasteiger partial charge in [0.1, 0.15) is 18.5 Å². The van der Waals surface area contributed by atoms with E-state index in [0.29, 0.717) is 24.3 Å². The van der Waals surface area contributed by atoms with Gasteiger partial charge in [0.25, 0.3) is 5.56 Å². The number of aliphatic hydroxyl groups is 1. The summed E-state index contributed by atoms with van der Waals surface area (Å²) < 4.78 is 9.86. The van der Waals surface area contributed by atoms with Crippen LogP contribution in [-0.4, -0.2) is 49.1 Å². The van der Waals surface area contributed by atoms with E-state index in [2.05, 4.69) is 10.3 Å². The fourth-order valence-electron chi connectivity index (χ4n) is 3.29. The van der Waals surface area contributed by atoms with Crippen LogP contribution in [0.5, 0.6) is 5.75 Å². The Bertz CT molecular complexity index is 1130. The number of benzene rings is 1. The molecule has 3 rings (SSSR count). The minimum atomic E-state index is -0.635. The first kappa shape index (κ1) is 21.8. The molecule has 2 heterocycles. The van der Waals surface area contributed by atoms with Gasteiger partial charge >= 0.3 is 5.69 Å². The number of aliphatic hydroxyl groups excluding tert-OH is 1. The first-order valence-corrected chi connectivity index (χ1v) is 9.99. The summed E-state index contributed by atoms with van der Waals surface area (Å²) in [5.74, 6) is 0.741. The fourth-order valence-corrected chi connectivity index (χ4v) is 3.29. The monoisotopic (exact) mass is 415 g/mol. The van der Waals surface area contributed by atoms with E-state index in [1.807, 2.05) is 38.1 Å². The summed E-state index contributed by atoms with van der Waals surface area (Å²) in [5.41, 5.74) is 1.16. The SMILES string of the molecule is Cc1cccc(OCC(O)CNC(C)CCn2cnc3c2c(=O)n(C)c(=O)n3C)c1. The summed E-state index contributed by atoms with van der Waals surface area (Å²) in [6.45, 7) is 5.17. The number of nitrogens with one attached hydrogen (secondary N) is 1. The largest absolute Gasteiger partial charge is 0.491 e. The standard InChI is InChI=1S/C21H29N5O4/c1-14-6-5-7-17(10-14)30-12-16(27)11-22-15(2)8-9-26-13-23-19-18(26)20(28)25(4)21(29)24(19)3/h5-7,10,13,15-16,22,27H,8-9,11-12H2,1-4H3. The third-order valence-electron chi connectivity index (χ3n) is 5.15. The smallest absolute Gasteiger partial charge is 0.332 e. The average Bonchev–Trinajstić information content (AvgIpc) is 3.16. The Balaban J connectivity index is 1.52. The highest BCUT2D eigenvalue weighted by atomic mass is 16.5. The van der Waals surface area contributed by atoms with Gasteiger partial charge in [-0.25, -0.2) is 9.78 Å². The lowest BCUT2D eigenvalue weighted by atomic mass is 10.2. The van der Waals surface area contributed by atoms with E-state index < -0.39 is 11.8 Å². The van der Waals surface area contributed by atoms with Gasteiger partial charge in [-0.1, -0.05) is 12.1 Å². The van der Waals surface area contributed by atoms with Crippen LogP contribution in [0, 0.1) is 6.92 Å². The zero-order valence-corrected chi connectivity index (χ0v) is 17.8. The zero-order chi connectivity index (χ0) is 21.8. The number of aryl methyl sites for hydroxylation is 3. The van der Waals surface area contributed by atoms with Gasteiger partial charge in [-0.3, -0.25) is 13.9 Å². The van der Waals surface area contributed by atoms with Crippen molar-refractivity contribution in [1.29, 1.82) is 0 Å². The number of hydrogen-bond acceptors (Lipinski definition) is 6. The van der Waals surface area contributed by atoms with Crippen molar-refractivity contribution < 1.29 is 9.84 Å². The lowest BCUT2D eigenvalue weighted by Gasteiger charge is -2.18. The topological polar surface area (TPSA) is 103 Å². The van der Waals surface area contributed by atoms with Gasteiger partial charge in [-0.2, -0.15) is 0 Å². The molecule has 2 N–H and O–H groups in total. The molecule has 9 nitrogen and oxygen atoms in total. The maximum atomic E-state index is 12.5. The van der Waals surface area contributed by atoms with Crippen LogP contribution in [0.1, 0.15) is 18.9 Å². The predicted molar refractivity (Wildman–Crippen MR) is 115 cm³/mol. The molecule has 2 atom stereocenters. The molecule has 9 heteroatoms. The fraction of sp³-hybridized carbons (Fsp3) is 0.476. The average molecular weight is 415 g/mol. The molecule has 0 amide bonds. The molecule has 0 aliphatic carbocycles. The summed E-state index contributed by atoms with van der Waals surface area (Å²) >= 11 is 0. The van der Waals surface area contributed by atoms with E-state index in [4.69, 9.17) is 4.74 Å². The Kier molecular flexibility index (Phi) is 6.73. The molecule has 0 fully saturated rings. The number of fused-ring (bicyclic) bond motifs is 1. The van der Waals surface area contributed by atoms with E-state index in [9.17, 15) is 14.7 Å². The van der Waals surface area contributed by atoms with Crippen molar-refractivity contribution >= 4 is 11.2 Å². The van der Waals surface area contributed by atoms with Crippen LogP contribution >= 0.6 is 0 Å². The van der Waals surface area contributed by atoms with Crippen LogP contribution in [0.15, 0.2) is 40.2 Å². The van der Waals surface area contributed by atoms with Gasteiger partial charge in [-0.05, 0) is 38.0 Å². The summed E-state index contributed by atoms with van der Waals surface area (Å²) in [5, 5.41) is 13.5. The van der Waals surface area contributed by atoms with Crippen molar-refractivity contribution in [3.8, 4) is 5.75 Å². The molecule has 2 unspecified atom stereocenters. The minimum Gasteiger partial charge on any atom is -0.491 e. The van der Waals surface area contributed by atoms with Gasteiger partial charge in [0.05, 0.1) is 6.33 Å². The second kappa shape index (κ2) is 9.27. The van der Waals surface area contributed by atoms with Gasteiger partial charge in [0.2, 0.25) is 0 Å². The molecule has 0 saturated heterocycles. The third-order valence-corrected chi connectivity index (χ3v) is 5.15. The molecule has 0 bridgehead atoms. The number of aromatic nitrogens is 4. The van der Waals surface area contributed by atoms with Crippen LogP contribution < -0.4 is 21.3 Å². The van der Waals surface area contributed by atoms with E-state index in [1.54, 1.807) is 17.9 Å². The molecule has 0 aliphatic rings. The molecule has 0 radical (unpaired) electrons. The molecular formula is C21H29N5O4. The van der Waals surface area contributed by atoms with Crippen LogP contribution in [0.2, 0.25) is 0 Å². The van der Waals surface area contributed by atoms with Crippen LogP contribution in [-0.2, 0) is 20.6 Å². The minimum absolute atomic E-state index is 0.104. The molecule has 30 heavy (non-hydrogen) atoms. The van der Waals surface area contributed by atoms with Gasteiger partial charge in [0.15, 0.2) is 11.2 Å². The molecule has 2 aromatic heterocycles. The molecule has 0 spiro atoms. The molecule has 1 aromatic carbocycles. The Morgan fingerprint density at radius 3 is 2.73 bits per heavy atom. The van der Waals surface area contributed by atoms with Crippen molar-refractivity contribution in [2.45, 2.75) is 39.0 Å². The highest BCUT2D eigenvalue weighted by molar-refractivity contribution is 5.69. The Hall–Kier alpha value is -2.91. The second-order valence-corrected chi connectivity index (χ2v) is 7.70. The number of hydrogen-bond donors (Lipinski definition) is 2. The molecule has 0 aliphatic heterocycles.